The number of alkyl halides is 1. The Bertz CT molecular complexity index is 524. The van der Waals surface area contributed by atoms with Gasteiger partial charge in [0.1, 0.15) is 5.88 Å². The van der Waals surface area contributed by atoms with Gasteiger partial charge in [0.05, 0.1) is 12.7 Å². The third kappa shape index (κ3) is 2.90. The molecule has 0 saturated heterocycles. The monoisotopic (exact) mass is 263 g/mol. The molecule has 0 aliphatic carbocycles. The van der Waals surface area contributed by atoms with E-state index in [-0.39, 0.29) is 11.8 Å². The highest BCUT2D eigenvalue weighted by Crippen LogP contribution is 2.17. The minimum atomic E-state index is -0.119. The van der Waals surface area contributed by atoms with E-state index in [4.69, 9.17) is 11.6 Å². The third-order valence-corrected chi connectivity index (χ3v) is 2.81. The summed E-state index contributed by atoms with van der Waals surface area (Å²) in [6.07, 6.45) is 3.63. The summed E-state index contributed by atoms with van der Waals surface area (Å²) in [6.45, 7) is 0.476. The van der Waals surface area contributed by atoms with Gasteiger partial charge in [-0.15, -0.1) is 11.6 Å². The zero-order valence-corrected chi connectivity index (χ0v) is 10.8. The predicted molar refractivity (Wildman–Crippen MR) is 71.6 cm³/mol. The lowest BCUT2D eigenvalue weighted by molar-refractivity contribution is -0.116. The molecule has 0 unspecified atom stereocenters. The van der Waals surface area contributed by atoms with Crippen molar-refractivity contribution < 1.29 is 4.79 Å². The lowest BCUT2D eigenvalue weighted by Gasteiger charge is -2.21. The highest BCUT2D eigenvalue weighted by molar-refractivity contribution is 6.29. The van der Waals surface area contributed by atoms with E-state index in [9.17, 15) is 4.79 Å². The Morgan fingerprint density at radius 2 is 2.11 bits per heavy atom. The number of amides is 1. The fourth-order valence-corrected chi connectivity index (χ4v) is 1.88. The van der Waals surface area contributed by atoms with Crippen molar-refractivity contribution in [1.82, 2.24) is 9.78 Å². The van der Waals surface area contributed by atoms with Gasteiger partial charge >= 0.3 is 0 Å². The number of para-hydroxylation sites is 1. The van der Waals surface area contributed by atoms with Crippen molar-refractivity contribution in [3.63, 3.8) is 0 Å². The maximum atomic E-state index is 11.9. The summed E-state index contributed by atoms with van der Waals surface area (Å²) in [6, 6.07) is 9.48. The summed E-state index contributed by atoms with van der Waals surface area (Å²) in [7, 11) is 1.85. The van der Waals surface area contributed by atoms with E-state index >= 15 is 0 Å². The van der Waals surface area contributed by atoms with Crippen LogP contribution in [0.1, 0.15) is 5.56 Å². The van der Waals surface area contributed by atoms with Gasteiger partial charge in [-0.25, -0.2) is 0 Å². The van der Waals surface area contributed by atoms with E-state index in [1.165, 1.54) is 0 Å². The second-order valence-electron chi connectivity index (χ2n) is 3.97. The molecule has 0 saturated carbocycles. The average molecular weight is 264 g/mol. The van der Waals surface area contributed by atoms with E-state index in [0.717, 1.165) is 11.3 Å². The fraction of sp³-hybridized carbons (Fsp3) is 0.231. The molecule has 4 nitrogen and oxygen atoms in total. The van der Waals surface area contributed by atoms with Gasteiger partial charge in [0.25, 0.3) is 0 Å². The molecule has 0 fully saturated rings. The zero-order valence-electron chi connectivity index (χ0n) is 10.1. The number of halogens is 1. The van der Waals surface area contributed by atoms with E-state index in [0.29, 0.717) is 6.54 Å². The molecule has 94 valence electrons. The quantitative estimate of drug-likeness (QED) is 0.793. The molecule has 0 bridgehead atoms. The predicted octanol–water partition coefficient (Wildman–Crippen LogP) is 2.19. The smallest absolute Gasteiger partial charge is 0.242 e. The number of benzene rings is 1. The van der Waals surface area contributed by atoms with Crippen LogP contribution in [0.15, 0.2) is 42.7 Å². The highest BCUT2D eigenvalue weighted by atomic mass is 35.5. The summed E-state index contributed by atoms with van der Waals surface area (Å²) in [4.78, 5) is 13.5. The molecule has 18 heavy (non-hydrogen) atoms. The molecular formula is C13H14ClN3O. The largest absolute Gasteiger partial charge is 0.307 e. The normalized spacial score (nSPS) is 10.3. The van der Waals surface area contributed by atoms with Gasteiger partial charge in [0, 0.05) is 24.5 Å². The molecule has 0 N–H and O–H groups in total. The molecule has 1 amide bonds. The minimum absolute atomic E-state index is 0.0326. The van der Waals surface area contributed by atoms with Crippen molar-refractivity contribution in [1.29, 1.82) is 0 Å². The molecule has 2 rings (SSSR count). The van der Waals surface area contributed by atoms with Crippen LogP contribution in [0.25, 0.3) is 0 Å². The number of carbonyl (C=O) groups is 1. The standard InChI is InChI=1S/C13H14ClN3O/c1-16-9-11(8-15-16)10-17(13(18)7-14)12-5-3-2-4-6-12/h2-6,8-9H,7,10H2,1H3. The molecule has 0 aliphatic heterocycles. The van der Waals surface area contributed by atoms with E-state index in [1.807, 2.05) is 43.6 Å². The summed E-state index contributed by atoms with van der Waals surface area (Å²) >= 11 is 5.66. The number of nitrogens with zero attached hydrogens (tertiary/aromatic N) is 3. The maximum Gasteiger partial charge on any atom is 0.242 e. The van der Waals surface area contributed by atoms with Crippen LogP contribution >= 0.6 is 11.6 Å². The van der Waals surface area contributed by atoms with Crippen molar-refractivity contribution in [2.45, 2.75) is 6.54 Å². The van der Waals surface area contributed by atoms with Gasteiger partial charge in [-0.2, -0.15) is 5.10 Å². The second kappa shape index (κ2) is 5.69. The summed E-state index contributed by atoms with van der Waals surface area (Å²) < 4.78 is 1.71. The van der Waals surface area contributed by atoms with Crippen LogP contribution < -0.4 is 4.90 Å². The van der Waals surface area contributed by atoms with Crippen LogP contribution in [0.2, 0.25) is 0 Å². The number of aromatic nitrogens is 2. The maximum absolute atomic E-state index is 11.9. The first-order valence-corrected chi connectivity index (χ1v) is 6.13. The number of carbonyl (C=O) groups excluding carboxylic acids is 1. The number of rotatable bonds is 4. The molecule has 0 spiro atoms. The zero-order chi connectivity index (χ0) is 13.0. The average Bonchev–Trinajstić information content (AvgIpc) is 2.82. The molecule has 0 atom stereocenters. The van der Waals surface area contributed by atoms with Crippen molar-refractivity contribution in [3.05, 3.63) is 48.3 Å². The van der Waals surface area contributed by atoms with Gasteiger partial charge < -0.3 is 4.90 Å². The Kier molecular flexibility index (Phi) is 3.99. The van der Waals surface area contributed by atoms with Crippen LogP contribution in [0.3, 0.4) is 0 Å². The third-order valence-electron chi connectivity index (χ3n) is 2.58. The van der Waals surface area contributed by atoms with Crippen molar-refractivity contribution in [3.8, 4) is 0 Å². The number of aryl methyl sites for hydroxylation is 1. The van der Waals surface area contributed by atoms with Gasteiger partial charge in [0.15, 0.2) is 0 Å². The molecule has 0 aliphatic rings. The Hall–Kier alpha value is -1.81. The van der Waals surface area contributed by atoms with E-state index in [2.05, 4.69) is 5.10 Å². The molecule has 2 aromatic rings. The first-order valence-electron chi connectivity index (χ1n) is 5.59. The first kappa shape index (κ1) is 12.6. The van der Waals surface area contributed by atoms with Gasteiger partial charge in [-0.1, -0.05) is 18.2 Å². The lowest BCUT2D eigenvalue weighted by atomic mass is 10.2. The Balaban J connectivity index is 2.24. The highest BCUT2D eigenvalue weighted by Gasteiger charge is 2.15. The van der Waals surface area contributed by atoms with Crippen molar-refractivity contribution in [2.75, 3.05) is 10.8 Å². The Labute approximate surface area is 111 Å². The first-order chi connectivity index (χ1) is 8.70. The molecule has 0 radical (unpaired) electrons. The summed E-state index contributed by atoms with van der Waals surface area (Å²) in [5, 5.41) is 4.09. The Morgan fingerprint density at radius 3 is 2.67 bits per heavy atom. The van der Waals surface area contributed by atoms with E-state index in [1.54, 1.807) is 15.8 Å². The summed E-state index contributed by atoms with van der Waals surface area (Å²) in [5.74, 6) is -0.151. The fourth-order valence-electron chi connectivity index (χ4n) is 1.74. The summed E-state index contributed by atoms with van der Waals surface area (Å²) in [5.41, 5.74) is 1.81. The van der Waals surface area contributed by atoms with Crippen molar-refractivity contribution in [2.24, 2.45) is 7.05 Å². The molecule has 1 aromatic carbocycles. The number of hydrogen-bond donors (Lipinski definition) is 0. The van der Waals surface area contributed by atoms with Crippen LogP contribution in [-0.4, -0.2) is 21.6 Å². The number of hydrogen-bond acceptors (Lipinski definition) is 2. The Morgan fingerprint density at radius 1 is 1.39 bits per heavy atom. The van der Waals surface area contributed by atoms with Gasteiger partial charge in [-0.3, -0.25) is 9.48 Å². The number of anilines is 1. The van der Waals surface area contributed by atoms with Gasteiger partial charge in [-0.05, 0) is 12.1 Å². The van der Waals surface area contributed by atoms with Crippen LogP contribution in [0.4, 0.5) is 5.69 Å². The van der Waals surface area contributed by atoms with Crippen molar-refractivity contribution >= 4 is 23.2 Å². The van der Waals surface area contributed by atoms with Gasteiger partial charge in [0.2, 0.25) is 5.91 Å². The van der Waals surface area contributed by atoms with Crippen LogP contribution in [0, 0.1) is 0 Å². The molecule has 1 heterocycles. The topological polar surface area (TPSA) is 38.1 Å². The lowest BCUT2D eigenvalue weighted by Crippen LogP contribution is -2.31. The second-order valence-corrected chi connectivity index (χ2v) is 4.24. The van der Waals surface area contributed by atoms with Crippen LogP contribution in [-0.2, 0) is 18.4 Å². The SMILES string of the molecule is Cn1cc(CN(C(=O)CCl)c2ccccc2)cn1. The molecule has 5 heteroatoms. The van der Waals surface area contributed by atoms with E-state index < -0.39 is 0 Å². The van der Waals surface area contributed by atoms with Crippen LogP contribution in [0.5, 0.6) is 0 Å². The molecular weight excluding hydrogens is 250 g/mol. The minimum Gasteiger partial charge on any atom is -0.307 e. The molecule has 1 aromatic heterocycles.